The molecule has 0 aliphatic rings. The Labute approximate surface area is 109 Å². The molecule has 2 nitrogen and oxygen atoms in total. The third kappa shape index (κ3) is 4.13. The van der Waals surface area contributed by atoms with Crippen LogP contribution in [0.1, 0.15) is 34.1 Å². The maximum Gasteiger partial charge on any atom is 0.139 e. The van der Waals surface area contributed by atoms with Crippen LogP contribution in [0, 0.1) is 11.2 Å². The molecule has 0 aliphatic carbocycles. The van der Waals surface area contributed by atoms with Crippen LogP contribution in [-0.2, 0) is 4.79 Å². The topological polar surface area (TPSA) is 20.3 Å². The molecule has 18 heavy (non-hydrogen) atoms. The van der Waals surface area contributed by atoms with Crippen LogP contribution in [0.5, 0.6) is 0 Å². The monoisotopic (exact) mass is 251 g/mol. The van der Waals surface area contributed by atoms with Gasteiger partial charge in [0.05, 0.1) is 0 Å². The minimum atomic E-state index is -0.304. The molecule has 0 saturated carbocycles. The highest BCUT2D eigenvalue weighted by atomic mass is 19.1. The predicted octanol–water partition coefficient (Wildman–Crippen LogP) is 3.66. The second kappa shape index (κ2) is 5.98. The first-order chi connectivity index (χ1) is 8.34. The molecule has 0 spiro atoms. The number of hydrogen-bond donors (Lipinski definition) is 0. The van der Waals surface area contributed by atoms with E-state index < -0.39 is 0 Å². The van der Waals surface area contributed by atoms with Crippen molar-refractivity contribution in [2.45, 2.75) is 34.1 Å². The second-order valence-corrected chi connectivity index (χ2v) is 5.48. The van der Waals surface area contributed by atoms with E-state index in [0.29, 0.717) is 13.0 Å². The van der Waals surface area contributed by atoms with Gasteiger partial charge in [-0.05, 0) is 25.1 Å². The molecule has 0 fully saturated rings. The molecule has 1 aromatic carbocycles. The van der Waals surface area contributed by atoms with Gasteiger partial charge in [-0.1, -0.05) is 26.8 Å². The zero-order chi connectivity index (χ0) is 13.8. The number of nitrogens with zero attached hydrogens (tertiary/aromatic N) is 1. The predicted molar refractivity (Wildman–Crippen MR) is 73.4 cm³/mol. The van der Waals surface area contributed by atoms with Gasteiger partial charge in [0.1, 0.15) is 11.6 Å². The highest BCUT2D eigenvalue weighted by molar-refractivity contribution is 5.84. The van der Waals surface area contributed by atoms with Gasteiger partial charge in [0.15, 0.2) is 0 Å². The van der Waals surface area contributed by atoms with Crippen LogP contribution < -0.4 is 4.90 Å². The highest BCUT2D eigenvalue weighted by Crippen LogP contribution is 2.19. The maximum absolute atomic E-state index is 13.2. The van der Waals surface area contributed by atoms with Crippen LogP contribution in [0.25, 0.3) is 0 Å². The van der Waals surface area contributed by atoms with Crippen LogP contribution in [-0.4, -0.2) is 18.9 Å². The van der Waals surface area contributed by atoms with Gasteiger partial charge in [-0.3, -0.25) is 4.79 Å². The summed E-state index contributed by atoms with van der Waals surface area (Å²) in [6.45, 7) is 9.18. The Balaban J connectivity index is 2.66. The zero-order valence-corrected chi connectivity index (χ0v) is 11.7. The van der Waals surface area contributed by atoms with Gasteiger partial charge in [0.2, 0.25) is 0 Å². The van der Waals surface area contributed by atoms with E-state index in [4.69, 9.17) is 0 Å². The minimum Gasteiger partial charge on any atom is -0.371 e. The second-order valence-electron chi connectivity index (χ2n) is 5.48. The smallest absolute Gasteiger partial charge is 0.139 e. The Hall–Kier alpha value is -1.38. The summed E-state index contributed by atoms with van der Waals surface area (Å²) in [5.74, 6) is -0.00884. The summed E-state index contributed by atoms with van der Waals surface area (Å²) in [5, 5.41) is 0. The van der Waals surface area contributed by atoms with Crippen molar-refractivity contribution in [3.8, 4) is 0 Å². The van der Waals surface area contributed by atoms with Crippen LogP contribution in [0.2, 0.25) is 0 Å². The van der Waals surface area contributed by atoms with E-state index in [0.717, 1.165) is 12.2 Å². The SMILES string of the molecule is CCN(CCC(=O)C(C)(C)C)c1cccc(F)c1. The number of Topliss-reactive ketones (excluding diaryl/α,β-unsaturated/α-hetero) is 1. The van der Waals surface area contributed by atoms with Crippen molar-refractivity contribution in [2.24, 2.45) is 5.41 Å². The van der Waals surface area contributed by atoms with Crippen molar-refractivity contribution in [3.05, 3.63) is 30.1 Å². The molecule has 1 aromatic rings. The molecule has 0 radical (unpaired) electrons. The Morgan fingerprint density at radius 2 is 2.00 bits per heavy atom. The number of hydrogen-bond acceptors (Lipinski definition) is 2. The van der Waals surface area contributed by atoms with Gasteiger partial charge in [-0.2, -0.15) is 0 Å². The summed E-state index contributed by atoms with van der Waals surface area (Å²) in [6.07, 6.45) is 0.494. The van der Waals surface area contributed by atoms with Gasteiger partial charge in [0.25, 0.3) is 0 Å². The van der Waals surface area contributed by atoms with Crippen molar-refractivity contribution in [2.75, 3.05) is 18.0 Å². The summed E-state index contributed by atoms with van der Waals surface area (Å²) in [5.41, 5.74) is 0.528. The number of carbonyl (C=O) groups excluding carboxylic acids is 1. The first-order valence-electron chi connectivity index (χ1n) is 6.38. The highest BCUT2D eigenvalue weighted by Gasteiger charge is 2.21. The van der Waals surface area contributed by atoms with Crippen molar-refractivity contribution < 1.29 is 9.18 Å². The maximum atomic E-state index is 13.2. The fourth-order valence-corrected chi connectivity index (χ4v) is 1.75. The lowest BCUT2D eigenvalue weighted by Gasteiger charge is -2.25. The quantitative estimate of drug-likeness (QED) is 0.796. The molecular formula is C15H22FNO. The third-order valence-corrected chi connectivity index (χ3v) is 3.00. The van der Waals surface area contributed by atoms with Crippen LogP contribution in [0.15, 0.2) is 24.3 Å². The van der Waals surface area contributed by atoms with Crippen molar-refractivity contribution in [1.82, 2.24) is 0 Å². The molecule has 0 atom stereocenters. The number of halogens is 1. The Morgan fingerprint density at radius 3 is 2.50 bits per heavy atom. The number of ketones is 1. The van der Waals surface area contributed by atoms with Crippen LogP contribution in [0.4, 0.5) is 10.1 Å². The van der Waals surface area contributed by atoms with E-state index in [2.05, 4.69) is 0 Å². The molecule has 3 heteroatoms. The molecule has 0 saturated heterocycles. The molecule has 0 unspecified atom stereocenters. The molecule has 100 valence electrons. The number of carbonyl (C=O) groups is 1. The lowest BCUT2D eigenvalue weighted by molar-refractivity contribution is -0.126. The Kier molecular flexibility index (Phi) is 4.88. The lowest BCUT2D eigenvalue weighted by atomic mass is 9.89. The molecular weight excluding hydrogens is 229 g/mol. The summed E-state index contributed by atoms with van der Waals surface area (Å²) < 4.78 is 13.2. The number of anilines is 1. The molecule has 0 heterocycles. The van der Waals surface area contributed by atoms with Crippen molar-refractivity contribution in [1.29, 1.82) is 0 Å². The molecule has 0 N–H and O–H groups in total. The summed E-state index contributed by atoms with van der Waals surface area (Å²) in [7, 11) is 0. The largest absolute Gasteiger partial charge is 0.371 e. The fourth-order valence-electron chi connectivity index (χ4n) is 1.75. The Bertz CT molecular complexity index is 409. The van der Waals surface area contributed by atoms with E-state index in [9.17, 15) is 9.18 Å². The molecule has 0 aliphatic heterocycles. The first kappa shape index (κ1) is 14.7. The van der Waals surface area contributed by atoms with E-state index in [1.807, 2.05) is 38.7 Å². The van der Waals surface area contributed by atoms with E-state index in [1.54, 1.807) is 6.07 Å². The average Bonchev–Trinajstić information content (AvgIpc) is 2.28. The molecule has 1 rings (SSSR count). The number of rotatable bonds is 5. The summed E-state index contributed by atoms with van der Waals surface area (Å²) in [6, 6.07) is 6.50. The standard InChI is InChI=1S/C15H22FNO/c1-5-17(10-9-14(18)15(2,3)4)13-8-6-7-12(16)11-13/h6-8,11H,5,9-10H2,1-4H3. The Morgan fingerprint density at radius 1 is 1.33 bits per heavy atom. The van der Waals surface area contributed by atoms with Gasteiger partial charge >= 0.3 is 0 Å². The average molecular weight is 251 g/mol. The van der Waals surface area contributed by atoms with Crippen LogP contribution in [0.3, 0.4) is 0 Å². The fraction of sp³-hybridized carbons (Fsp3) is 0.533. The van der Waals surface area contributed by atoms with Gasteiger partial charge in [-0.25, -0.2) is 4.39 Å². The summed E-state index contributed by atoms with van der Waals surface area (Å²) in [4.78, 5) is 13.9. The van der Waals surface area contributed by atoms with Gasteiger partial charge < -0.3 is 4.90 Å². The first-order valence-corrected chi connectivity index (χ1v) is 6.38. The van der Waals surface area contributed by atoms with Crippen molar-refractivity contribution in [3.63, 3.8) is 0 Å². The third-order valence-electron chi connectivity index (χ3n) is 3.00. The lowest BCUT2D eigenvalue weighted by Crippen LogP contribution is -2.29. The molecule has 0 amide bonds. The molecule has 0 bridgehead atoms. The molecule has 0 aromatic heterocycles. The normalized spacial score (nSPS) is 11.4. The number of benzene rings is 1. The summed E-state index contributed by atoms with van der Waals surface area (Å²) >= 11 is 0. The van der Waals surface area contributed by atoms with Crippen LogP contribution >= 0.6 is 0 Å². The van der Waals surface area contributed by atoms with Gasteiger partial charge in [0, 0.05) is 30.6 Å². The minimum absolute atomic E-state index is 0.234. The van der Waals surface area contributed by atoms with E-state index in [-0.39, 0.29) is 17.0 Å². The van der Waals surface area contributed by atoms with Crippen molar-refractivity contribution >= 4 is 11.5 Å². The van der Waals surface area contributed by atoms with Gasteiger partial charge in [-0.15, -0.1) is 0 Å². The zero-order valence-electron chi connectivity index (χ0n) is 11.7. The van der Waals surface area contributed by atoms with E-state index >= 15 is 0 Å². The van der Waals surface area contributed by atoms with E-state index in [1.165, 1.54) is 12.1 Å².